The maximum absolute atomic E-state index is 12.5. The zero-order chi connectivity index (χ0) is 28.9. The predicted octanol–water partition coefficient (Wildman–Crippen LogP) is 6.00. The molecule has 2 N–H and O–H groups in total. The van der Waals surface area contributed by atoms with Crippen molar-refractivity contribution in [2.45, 2.75) is 32.1 Å². The molecule has 9 nitrogen and oxygen atoms in total. The molecule has 2 fully saturated rings. The molecule has 3 heterocycles. The van der Waals surface area contributed by atoms with Gasteiger partial charge in [0.2, 0.25) is 11.9 Å². The lowest BCUT2D eigenvalue weighted by Crippen LogP contribution is -2.48. The molecule has 1 aliphatic carbocycles. The lowest BCUT2D eigenvalue weighted by Gasteiger charge is -2.39. The number of methoxy groups -OCH3 is 1. The highest BCUT2D eigenvalue weighted by molar-refractivity contribution is 6.02. The summed E-state index contributed by atoms with van der Waals surface area (Å²) in [7, 11) is 1.65. The molecule has 2 aromatic heterocycles. The number of para-hydroxylation sites is 1. The van der Waals surface area contributed by atoms with Gasteiger partial charge in [-0.15, -0.1) is 0 Å². The number of hydrogen-bond acceptors (Lipinski definition) is 7. The molecule has 2 aromatic carbocycles. The van der Waals surface area contributed by atoms with Crippen LogP contribution in [0.3, 0.4) is 0 Å². The van der Waals surface area contributed by atoms with Crippen LogP contribution in [-0.2, 0) is 4.79 Å². The van der Waals surface area contributed by atoms with E-state index in [4.69, 9.17) is 9.72 Å². The van der Waals surface area contributed by atoms with Crippen LogP contribution in [0.15, 0.2) is 73.6 Å². The maximum Gasteiger partial charge on any atom is 0.247 e. The van der Waals surface area contributed by atoms with Crippen molar-refractivity contribution in [3.63, 3.8) is 0 Å². The fourth-order valence-corrected chi connectivity index (χ4v) is 6.23. The van der Waals surface area contributed by atoms with E-state index in [-0.39, 0.29) is 5.91 Å². The second kappa shape index (κ2) is 12.7. The van der Waals surface area contributed by atoms with Crippen LogP contribution in [-0.4, -0.2) is 65.2 Å². The van der Waals surface area contributed by atoms with E-state index in [1.165, 1.54) is 44.7 Å². The summed E-state index contributed by atoms with van der Waals surface area (Å²) in [5, 5.41) is 7.48. The van der Waals surface area contributed by atoms with Crippen molar-refractivity contribution in [2.75, 3.05) is 55.4 Å². The Morgan fingerprint density at radius 1 is 1.05 bits per heavy atom. The second-order valence-corrected chi connectivity index (χ2v) is 11.2. The van der Waals surface area contributed by atoms with Gasteiger partial charge in [0.25, 0.3) is 0 Å². The molecule has 218 valence electrons. The number of hydrogen-bond donors (Lipinski definition) is 2. The summed E-state index contributed by atoms with van der Waals surface area (Å²) in [6.45, 7) is 8.62. The standard InChI is InChI=1S/C33H39N7O2/c1-3-32(41)35-26-21-27(36-33-34-15-13-31(37-33)40-16-14-25-11-7-8-12-28(25)40)30(42-2)22-29(26)39-19-17-38(18-20-39)23-24-9-5-4-6-10-24/h3,7-8,11-16,21-22,24H,1,4-6,9-10,17-20,23H2,2H3,(H,35,41)(H,34,36,37). The molecule has 0 radical (unpaired) electrons. The van der Waals surface area contributed by atoms with E-state index in [2.05, 4.69) is 50.2 Å². The van der Waals surface area contributed by atoms with Crippen molar-refractivity contribution < 1.29 is 9.53 Å². The van der Waals surface area contributed by atoms with E-state index in [0.29, 0.717) is 23.1 Å². The lowest BCUT2D eigenvalue weighted by atomic mass is 9.89. The Bertz CT molecular complexity index is 1550. The number of anilines is 4. The topological polar surface area (TPSA) is 87.5 Å². The third kappa shape index (κ3) is 6.11. The molecule has 0 atom stereocenters. The second-order valence-electron chi connectivity index (χ2n) is 11.2. The van der Waals surface area contributed by atoms with Gasteiger partial charge in [-0.25, -0.2) is 4.98 Å². The Hall–Kier alpha value is -4.37. The number of nitrogens with one attached hydrogen (secondary N) is 2. The van der Waals surface area contributed by atoms with Crippen LogP contribution in [0.1, 0.15) is 32.1 Å². The third-order valence-corrected chi connectivity index (χ3v) is 8.45. The van der Waals surface area contributed by atoms with Gasteiger partial charge >= 0.3 is 0 Å². The molecule has 0 unspecified atom stereocenters. The molecule has 1 saturated heterocycles. The number of fused-ring (bicyclic) bond motifs is 1. The Morgan fingerprint density at radius 3 is 2.64 bits per heavy atom. The fraction of sp³-hybridized carbons (Fsp3) is 0.364. The monoisotopic (exact) mass is 565 g/mol. The lowest BCUT2D eigenvalue weighted by molar-refractivity contribution is -0.111. The first-order valence-electron chi connectivity index (χ1n) is 14.9. The van der Waals surface area contributed by atoms with Crippen LogP contribution in [0.5, 0.6) is 5.75 Å². The highest BCUT2D eigenvalue weighted by Crippen LogP contribution is 2.39. The van der Waals surface area contributed by atoms with Crippen LogP contribution in [0.4, 0.5) is 23.0 Å². The summed E-state index contributed by atoms with van der Waals surface area (Å²) < 4.78 is 7.86. The van der Waals surface area contributed by atoms with Gasteiger partial charge in [0, 0.05) is 51.2 Å². The molecule has 1 saturated carbocycles. The summed E-state index contributed by atoms with van der Waals surface area (Å²) in [5.41, 5.74) is 3.35. The highest BCUT2D eigenvalue weighted by Gasteiger charge is 2.24. The number of benzene rings is 2. The largest absolute Gasteiger partial charge is 0.494 e. The molecule has 0 bridgehead atoms. The SMILES string of the molecule is C=CC(=O)Nc1cc(Nc2nccc(-n3ccc4ccccc43)n2)c(OC)cc1N1CCN(CC2CCCCC2)CC1. The van der Waals surface area contributed by atoms with Crippen molar-refractivity contribution in [2.24, 2.45) is 5.92 Å². The Labute approximate surface area is 247 Å². The number of piperazine rings is 1. The van der Waals surface area contributed by atoms with E-state index in [1.54, 1.807) is 13.3 Å². The molecule has 6 rings (SSSR count). The minimum absolute atomic E-state index is 0.263. The van der Waals surface area contributed by atoms with Gasteiger partial charge in [-0.3, -0.25) is 9.69 Å². The first-order valence-corrected chi connectivity index (χ1v) is 14.9. The van der Waals surface area contributed by atoms with Crippen LogP contribution < -0.4 is 20.3 Å². The molecule has 1 aliphatic heterocycles. The van der Waals surface area contributed by atoms with E-state index < -0.39 is 0 Å². The number of nitrogens with zero attached hydrogens (tertiary/aromatic N) is 5. The Balaban J connectivity index is 1.24. The normalized spacial score (nSPS) is 16.4. The van der Waals surface area contributed by atoms with Crippen LogP contribution in [0, 0.1) is 5.92 Å². The van der Waals surface area contributed by atoms with Gasteiger partial charge in [0.05, 0.1) is 29.7 Å². The van der Waals surface area contributed by atoms with Gasteiger partial charge in [-0.2, -0.15) is 4.98 Å². The van der Waals surface area contributed by atoms with Crippen LogP contribution in [0.2, 0.25) is 0 Å². The van der Waals surface area contributed by atoms with E-state index >= 15 is 0 Å². The van der Waals surface area contributed by atoms with E-state index in [9.17, 15) is 4.79 Å². The van der Waals surface area contributed by atoms with Crippen LogP contribution >= 0.6 is 0 Å². The molecule has 0 spiro atoms. The molecule has 9 heteroatoms. The Kier molecular flexibility index (Phi) is 8.37. The average Bonchev–Trinajstić information content (AvgIpc) is 3.47. The summed E-state index contributed by atoms with van der Waals surface area (Å²) in [4.78, 5) is 26.6. The number of carbonyl (C=O) groups excluding carboxylic acids is 1. The summed E-state index contributed by atoms with van der Waals surface area (Å²) in [5.74, 6) is 2.38. The zero-order valence-corrected chi connectivity index (χ0v) is 24.3. The van der Waals surface area contributed by atoms with Crippen molar-refractivity contribution in [3.8, 4) is 11.6 Å². The van der Waals surface area contributed by atoms with Crippen molar-refractivity contribution in [3.05, 3.63) is 73.6 Å². The summed E-state index contributed by atoms with van der Waals surface area (Å²) >= 11 is 0. The van der Waals surface area contributed by atoms with E-state index in [1.807, 2.05) is 41.1 Å². The van der Waals surface area contributed by atoms with Gasteiger partial charge in [-0.1, -0.05) is 44.0 Å². The molecule has 2 aliphatic rings. The summed E-state index contributed by atoms with van der Waals surface area (Å²) in [6.07, 6.45) is 11.9. The molecule has 4 aromatic rings. The molecular weight excluding hydrogens is 526 g/mol. The first-order chi connectivity index (χ1) is 20.6. The van der Waals surface area contributed by atoms with Gasteiger partial charge in [-0.05, 0) is 54.5 Å². The van der Waals surface area contributed by atoms with Gasteiger partial charge < -0.3 is 24.8 Å². The minimum atomic E-state index is -0.263. The maximum atomic E-state index is 12.5. The Morgan fingerprint density at radius 2 is 1.86 bits per heavy atom. The quantitative estimate of drug-likeness (QED) is 0.241. The minimum Gasteiger partial charge on any atom is -0.494 e. The smallest absolute Gasteiger partial charge is 0.247 e. The number of rotatable bonds is 9. The van der Waals surface area contributed by atoms with Crippen molar-refractivity contribution in [1.29, 1.82) is 0 Å². The number of ether oxygens (including phenoxy) is 1. The van der Waals surface area contributed by atoms with Crippen molar-refractivity contribution in [1.82, 2.24) is 19.4 Å². The number of aromatic nitrogens is 3. The molecular formula is C33H39N7O2. The first kappa shape index (κ1) is 27.8. The summed E-state index contributed by atoms with van der Waals surface area (Å²) in [6, 6.07) is 16.0. The van der Waals surface area contributed by atoms with Crippen LogP contribution in [0.25, 0.3) is 16.7 Å². The number of carbonyl (C=O) groups is 1. The van der Waals surface area contributed by atoms with Gasteiger partial charge in [0.1, 0.15) is 11.6 Å². The van der Waals surface area contributed by atoms with Gasteiger partial charge in [0.15, 0.2) is 0 Å². The number of amides is 1. The fourth-order valence-electron chi connectivity index (χ4n) is 6.23. The van der Waals surface area contributed by atoms with E-state index in [0.717, 1.165) is 54.5 Å². The third-order valence-electron chi connectivity index (χ3n) is 8.45. The molecule has 1 amide bonds. The predicted molar refractivity (Wildman–Crippen MR) is 169 cm³/mol. The zero-order valence-electron chi connectivity index (χ0n) is 24.3. The average molecular weight is 566 g/mol. The van der Waals surface area contributed by atoms with Crippen molar-refractivity contribution >= 4 is 39.8 Å². The highest BCUT2D eigenvalue weighted by atomic mass is 16.5. The molecule has 42 heavy (non-hydrogen) atoms.